The van der Waals surface area contributed by atoms with Gasteiger partial charge in [-0.2, -0.15) is 0 Å². The minimum Gasteiger partial charge on any atom is -0.337 e. The van der Waals surface area contributed by atoms with Gasteiger partial charge in [0.15, 0.2) is 0 Å². The largest absolute Gasteiger partial charge is 0.337 e. The van der Waals surface area contributed by atoms with E-state index in [1.54, 1.807) is 18.0 Å². The molecule has 7 heteroatoms. The highest BCUT2D eigenvalue weighted by atomic mass is 32.2. The molecule has 0 aromatic carbocycles. The topological polar surface area (TPSA) is 61.4 Å². The molecule has 0 amide bonds. The van der Waals surface area contributed by atoms with E-state index in [1.165, 1.54) is 12.8 Å². The minimum absolute atomic E-state index is 0.527. The van der Waals surface area contributed by atoms with Gasteiger partial charge in [-0.1, -0.05) is 11.8 Å². The van der Waals surface area contributed by atoms with E-state index in [-0.39, 0.29) is 0 Å². The van der Waals surface area contributed by atoms with Crippen LogP contribution in [-0.4, -0.2) is 29.8 Å². The monoisotopic (exact) mass is 236 g/mol. The smallest absolute Gasteiger partial charge is 0.210 e. The number of rotatable bonds is 4. The van der Waals surface area contributed by atoms with Gasteiger partial charge in [0.05, 0.1) is 11.8 Å². The van der Waals surface area contributed by atoms with E-state index < -0.39 is 0 Å². The molecule has 0 N–H and O–H groups in total. The number of imidazole rings is 1. The molecule has 2 aromatic heterocycles. The van der Waals surface area contributed by atoms with Gasteiger partial charge in [0.1, 0.15) is 5.82 Å². The normalized spacial score (nSPS) is 15.6. The standard InChI is InChI=1S/C9H12N6S/c1-14-5-4-10-8(14)6-16-9-11-12-13-15(9)7-2-3-7/h4-5,7H,2-3,6H2,1H3. The van der Waals surface area contributed by atoms with Crippen molar-refractivity contribution < 1.29 is 0 Å². The Morgan fingerprint density at radius 2 is 2.38 bits per heavy atom. The Bertz CT molecular complexity index is 486. The molecule has 1 fully saturated rings. The summed E-state index contributed by atoms with van der Waals surface area (Å²) in [7, 11) is 1.99. The Kier molecular flexibility index (Phi) is 2.39. The zero-order valence-electron chi connectivity index (χ0n) is 8.94. The molecule has 0 saturated heterocycles. The number of hydrogen-bond donors (Lipinski definition) is 0. The van der Waals surface area contributed by atoms with Crippen molar-refractivity contribution in [3.8, 4) is 0 Å². The fourth-order valence-electron chi connectivity index (χ4n) is 1.49. The van der Waals surface area contributed by atoms with Crippen molar-refractivity contribution >= 4 is 11.8 Å². The van der Waals surface area contributed by atoms with E-state index >= 15 is 0 Å². The Balaban J connectivity index is 1.70. The van der Waals surface area contributed by atoms with Gasteiger partial charge in [-0.25, -0.2) is 9.67 Å². The van der Waals surface area contributed by atoms with Crippen LogP contribution in [0, 0.1) is 0 Å². The first-order valence-corrected chi connectivity index (χ1v) is 6.20. The lowest BCUT2D eigenvalue weighted by molar-refractivity contribution is 0.565. The molecule has 0 aliphatic heterocycles. The van der Waals surface area contributed by atoms with Crippen LogP contribution < -0.4 is 0 Å². The van der Waals surface area contributed by atoms with Crippen LogP contribution in [-0.2, 0) is 12.8 Å². The zero-order chi connectivity index (χ0) is 11.0. The highest BCUT2D eigenvalue weighted by Gasteiger charge is 2.27. The van der Waals surface area contributed by atoms with Gasteiger partial charge < -0.3 is 4.57 Å². The van der Waals surface area contributed by atoms with Crippen LogP contribution in [0.2, 0.25) is 0 Å². The Hall–Kier alpha value is -1.37. The Labute approximate surface area is 97.1 Å². The molecule has 1 aliphatic rings. The van der Waals surface area contributed by atoms with Crippen molar-refractivity contribution in [1.29, 1.82) is 0 Å². The quantitative estimate of drug-likeness (QED) is 0.742. The van der Waals surface area contributed by atoms with Crippen LogP contribution in [0.1, 0.15) is 24.7 Å². The molecule has 1 saturated carbocycles. The van der Waals surface area contributed by atoms with E-state index in [9.17, 15) is 0 Å². The third kappa shape index (κ3) is 1.82. The van der Waals surface area contributed by atoms with Gasteiger partial charge in [0, 0.05) is 19.4 Å². The number of aryl methyl sites for hydroxylation is 1. The van der Waals surface area contributed by atoms with Gasteiger partial charge in [0.25, 0.3) is 0 Å². The van der Waals surface area contributed by atoms with Crippen molar-refractivity contribution in [3.05, 3.63) is 18.2 Å². The average molecular weight is 236 g/mol. The number of thioether (sulfide) groups is 1. The molecule has 1 aliphatic carbocycles. The van der Waals surface area contributed by atoms with Crippen molar-refractivity contribution in [2.45, 2.75) is 29.8 Å². The summed E-state index contributed by atoms with van der Waals surface area (Å²) >= 11 is 1.64. The van der Waals surface area contributed by atoms with Crippen LogP contribution in [0.5, 0.6) is 0 Å². The number of tetrazole rings is 1. The van der Waals surface area contributed by atoms with Gasteiger partial charge in [-0.05, 0) is 23.3 Å². The van der Waals surface area contributed by atoms with Gasteiger partial charge in [-0.3, -0.25) is 0 Å². The average Bonchev–Trinajstić information content (AvgIpc) is 2.88. The van der Waals surface area contributed by atoms with Gasteiger partial charge >= 0.3 is 0 Å². The Morgan fingerprint density at radius 3 is 3.06 bits per heavy atom. The third-order valence-electron chi connectivity index (χ3n) is 2.61. The number of nitrogens with zero attached hydrogens (tertiary/aromatic N) is 6. The predicted molar refractivity (Wildman–Crippen MR) is 58.9 cm³/mol. The predicted octanol–water partition coefficient (Wildman–Crippen LogP) is 1.03. The van der Waals surface area contributed by atoms with Crippen LogP contribution >= 0.6 is 11.8 Å². The lowest BCUT2D eigenvalue weighted by atomic mass is 10.7. The van der Waals surface area contributed by atoms with Crippen LogP contribution in [0.3, 0.4) is 0 Å². The fourth-order valence-corrected chi connectivity index (χ4v) is 2.44. The van der Waals surface area contributed by atoms with Crippen molar-refractivity contribution in [3.63, 3.8) is 0 Å². The molecule has 16 heavy (non-hydrogen) atoms. The fraction of sp³-hybridized carbons (Fsp3) is 0.556. The summed E-state index contributed by atoms with van der Waals surface area (Å²) in [5.41, 5.74) is 0. The van der Waals surface area contributed by atoms with Crippen molar-refractivity contribution in [2.75, 3.05) is 0 Å². The van der Waals surface area contributed by atoms with E-state index in [0.717, 1.165) is 16.7 Å². The second-order valence-electron chi connectivity index (χ2n) is 3.88. The highest BCUT2D eigenvalue weighted by Crippen LogP contribution is 2.36. The first-order valence-electron chi connectivity index (χ1n) is 5.21. The summed E-state index contributed by atoms with van der Waals surface area (Å²) in [6, 6.07) is 0.527. The molecular formula is C9H12N6S. The SMILES string of the molecule is Cn1ccnc1CSc1nnnn1C1CC1. The second-order valence-corrected chi connectivity index (χ2v) is 4.82. The lowest BCUT2D eigenvalue weighted by Gasteiger charge is -2.02. The molecule has 0 radical (unpaired) electrons. The van der Waals surface area contributed by atoms with E-state index in [0.29, 0.717) is 6.04 Å². The third-order valence-corrected chi connectivity index (χ3v) is 3.54. The summed E-state index contributed by atoms with van der Waals surface area (Å²) < 4.78 is 3.94. The van der Waals surface area contributed by atoms with E-state index in [2.05, 4.69) is 20.5 Å². The maximum atomic E-state index is 4.27. The molecule has 2 heterocycles. The van der Waals surface area contributed by atoms with Crippen molar-refractivity contribution in [1.82, 2.24) is 29.8 Å². The summed E-state index contributed by atoms with van der Waals surface area (Å²) in [5, 5.41) is 12.7. The van der Waals surface area contributed by atoms with Gasteiger partial charge in [0.2, 0.25) is 5.16 Å². The Morgan fingerprint density at radius 1 is 1.50 bits per heavy atom. The zero-order valence-corrected chi connectivity index (χ0v) is 9.76. The maximum absolute atomic E-state index is 4.27. The minimum atomic E-state index is 0.527. The number of aromatic nitrogens is 6. The van der Waals surface area contributed by atoms with Crippen LogP contribution in [0.4, 0.5) is 0 Å². The van der Waals surface area contributed by atoms with E-state index in [4.69, 9.17) is 0 Å². The molecule has 2 aromatic rings. The van der Waals surface area contributed by atoms with E-state index in [1.807, 2.05) is 22.5 Å². The number of hydrogen-bond acceptors (Lipinski definition) is 5. The highest BCUT2D eigenvalue weighted by molar-refractivity contribution is 7.98. The molecule has 0 spiro atoms. The molecular weight excluding hydrogens is 224 g/mol. The summed E-state index contributed by atoms with van der Waals surface area (Å²) in [5.74, 6) is 1.84. The summed E-state index contributed by atoms with van der Waals surface area (Å²) in [4.78, 5) is 4.27. The molecule has 0 atom stereocenters. The molecule has 84 valence electrons. The summed E-state index contributed by atoms with van der Waals surface area (Å²) in [6.45, 7) is 0. The molecule has 0 unspecified atom stereocenters. The summed E-state index contributed by atoms with van der Waals surface area (Å²) in [6.07, 6.45) is 6.14. The van der Waals surface area contributed by atoms with Crippen LogP contribution in [0.15, 0.2) is 17.6 Å². The molecule has 3 rings (SSSR count). The second kappa shape index (κ2) is 3.89. The first-order chi connectivity index (χ1) is 7.84. The maximum Gasteiger partial charge on any atom is 0.210 e. The first kappa shape index (κ1) is 9.83. The molecule has 0 bridgehead atoms. The van der Waals surface area contributed by atoms with Crippen LogP contribution in [0.25, 0.3) is 0 Å². The van der Waals surface area contributed by atoms with Gasteiger partial charge in [-0.15, -0.1) is 5.10 Å². The van der Waals surface area contributed by atoms with Crippen molar-refractivity contribution in [2.24, 2.45) is 7.05 Å². The lowest BCUT2D eigenvalue weighted by Crippen LogP contribution is -2.00. The molecule has 6 nitrogen and oxygen atoms in total.